The summed E-state index contributed by atoms with van der Waals surface area (Å²) < 4.78 is 2.11. The van der Waals surface area contributed by atoms with Crippen molar-refractivity contribution in [2.75, 3.05) is 6.54 Å². The van der Waals surface area contributed by atoms with E-state index in [4.69, 9.17) is 0 Å². The smallest absolute Gasteiger partial charge is 0.244 e. The number of rotatable bonds is 5. The maximum atomic E-state index is 11.8. The number of fused-ring (bicyclic) bond motifs is 1. The second-order valence-corrected chi connectivity index (χ2v) is 5.18. The minimum Gasteiger partial charge on any atom is -0.351 e. The summed E-state index contributed by atoms with van der Waals surface area (Å²) >= 11 is 0. The maximum absolute atomic E-state index is 11.8. The number of nitrogens with zero attached hydrogens (tertiary/aromatic N) is 3. The van der Waals surface area contributed by atoms with Gasteiger partial charge in [0.2, 0.25) is 5.91 Å². The third-order valence-electron chi connectivity index (χ3n) is 3.57. The Morgan fingerprint density at radius 3 is 2.87 bits per heavy atom. The van der Waals surface area contributed by atoms with Crippen LogP contribution in [0.15, 0.2) is 54.7 Å². The van der Waals surface area contributed by atoms with Crippen LogP contribution in [-0.4, -0.2) is 27.0 Å². The van der Waals surface area contributed by atoms with Crippen LogP contribution in [-0.2, 0) is 11.3 Å². The lowest BCUT2D eigenvalue weighted by Gasteiger charge is -2.07. The Hall–Kier alpha value is -2.95. The highest BCUT2D eigenvalue weighted by molar-refractivity contribution is 5.91. The number of imidazole rings is 1. The normalized spacial score (nSPS) is 11.2. The Labute approximate surface area is 134 Å². The molecule has 1 amide bonds. The largest absolute Gasteiger partial charge is 0.351 e. The van der Waals surface area contributed by atoms with Crippen LogP contribution in [0.3, 0.4) is 0 Å². The quantitative estimate of drug-likeness (QED) is 0.737. The van der Waals surface area contributed by atoms with Gasteiger partial charge in [0.15, 0.2) is 0 Å². The Morgan fingerprint density at radius 2 is 2.04 bits per heavy atom. The van der Waals surface area contributed by atoms with E-state index in [0.717, 1.165) is 22.6 Å². The molecule has 0 radical (unpaired) electrons. The molecule has 2 aromatic heterocycles. The van der Waals surface area contributed by atoms with Gasteiger partial charge in [-0.2, -0.15) is 0 Å². The van der Waals surface area contributed by atoms with Crippen LogP contribution in [0.5, 0.6) is 0 Å². The minimum absolute atomic E-state index is 0.127. The fourth-order valence-corrected chi connectivity index (χ4v) is 2.46. The lowest BCUT2D eigenvalue weighted by atomic mass is 10.3. The van der Waals surface area contributed by atoms with Crippen molar-refractivity contribution in [3.05, 3.63) is 66.3 Å². The van der Waals surface area contributed by atoms with E-state index in [-0.39, 0.29) is 5.91 Å². The van der Waals surface area contributed by atoms with Gasteiger partial charge in [-0.3, -0.25) is 9.78 Å². The summed E-state index contributed by atoms with van der Waals surface area (Å²) in [6, 6.07) is 13.6. The number of benzene rings is 1. The van der Waals surface area contributed by atoms with Gasteiger partial charge in [0.05, 0.1) is 16.7 Å². The summed E-state index contributed by atoms with van der Waals surface area (Å²) in [6.07, 6.45) is 4.90. The summed E-state index contributed by atoms with van der Waals surface area (Å²) in [5, 5.41) is 2.88. The van der Waals surface area contributed by atoms with Crippen LogP contribution in [0.1, 0.15) is 11.5 Å². The van der Waals surface area contributed by atoms with Gasteiger partial charge in [0.25, 0.3) is 0 Å². The molecule has 116 valence electrons. The molecule has 1 N–H and O–H groups in total. The summed E-state index contributed by atoms with van der Waals surface area (Å²) in [5.41, 5.74) is 2.83. The first-order chi connectivity index (χ1) is 11.2. The molecule has 5 nitrogen and oxygen atoms in total. The van der Waals surface area contributed by atoms with Crippen molar-refractivity contribution in [3.63, 3.8) is 0 Å². The first-order valence-electron chi connectivity index (χ1n) is 7.53. The first kappa shape index (κ1) is 15.0. The Morgan fingerprint density at radius 1 is 1.22 bits per heavy atom. The van der Waals surface area contributed by atoms with Crippen molar-refractivity contribution in [1.82, 2.24) is 19.9 Å². The molecule has 0 bridgehead atoms. The zero-order valence-corrected chi connectivity index (χ0v) is 12.9. The zero-order valence-electron chi connectivity index (χ0n) is 12.9. The summed E-state index contributed by atoms with van der Waals surface area (Å²) in [4.78, 5) is 20.5. The number of pyridine rings is 1. The molecule has 0 saturated heterocycles. The SMILES string of the molecule is Cc1nc2ccccc2n1CCNC(=O)/C=C/c1ccccn1. The predicted octanol–water partition coefficient (Wildman–Crippen LogP) is 2.57. The predicted molar refractivity (Wildman–Crippen MR) is 90.8 cm³/mol. The van der Waals surface area contributed by atoms with E-state index in [1.807, 2.05) is 49.4 Å². The Balaban J connectivity index is 1.57. The fraction of sp³-hybridized carbons (Fsp3) is 0.167. The average molecular weight is 306 g/mol. The number of aryl methyl sites for hydroxylation is 1. The summed E-state index contributed by atoms with van der Waals surface area (Å²) in [6.45, 7) is 3.21. The second-order valence-electron chi connectivity index (χ2n) is 5.18. The topological polar surface area (TPSA) is 59.8 Å². The molecule has 23 heavy (non-hydrogen) atoms. The standard InChI is InChI=1S/C18H18N4O/c1-14-21-16-7-2-3-8-17(16)22(14)13-12-20-18(23)10-9-15-6-4-5-11-19-15/h2-11H,12-13H2,1H3,(H,20,23)/b10-9+. The molecular weight excluding hydrogens is 288 g/mol. The van der Waals surface area contributed by atoms with Crippen LogP contribution in [0.25, 0.3) is 17.1 Å². The van der Waals surface area contributed by atoms with E-state index in [1.165, 1.54) is 6.08 Å². The Bertz CT molecular complexity index is 837. The van der Waals surface area contributed by atoms with Crippen LogP contribution < -0.4 is 5.32 Å². The lowest BCUT2D eigenvalue weighted by molar-refractivity contribution is -0.116. The molecule has 0 saturated carbocycles. The molecule has 1 aromatic carbocycles. The Kier molecular flexibility index (Phi) is 4.47. The molecule has 2 heterocycles. The highest BCUT2D eigenvalue weighted by Crippen LogP contribution is 2.14. The number of amides is 1. The number of aromatic nitrogens is 3. The van der Waals surface area contributed by atoms with Gasteiger partial charge >= 0.3 is 0 Å². The molecule has 0 spiro atoms. The first-order valence-corrected chi connectivity index (χ1v) is 7.53. The number of carbonyl (C=O) groups excluding carboxylic acids is 1. The lowest BCUT2D eigenvalue weighted by Crippen LogP contribution is -2.25. The van der Waals surface area contributed by atoms with E-state index in [9.17, 15) is 4.79 Å². The second kappa shape index (κ2) is 6.87. The maximum Gasteiger partial charge on any atom is 0.244 e. The summed E-state index contributed by atoms with van der Waals surface area (Å²) in [5.74, 6) is 0.821. The molecule has 0 aliphatic carbocycles. The van der Waals surface area contributed by atoms with Crippen LogP contribution in [0.4, 0.5) is 0 Å². The summed E-state index contributed by atoms with van der Waals surface area (Å²) in [7, 11) is 0. The zero-order chi connectivity index (χ0) is 16.1. The van der Waals surface area contributed by atoms with E-state index >= 15 is 0 Å². The van der Waals surface area contributed by atoms with Crippen molar-refractivity contribution >= 4 is 23.0 Å². The average Bonchev–Trinajstić information content (AvgIpc) is 2.90. The van der Waals surface area contributed by atoms with Crippen molar-refractivity contribution in [1.29, 1.82) is 0 Å². The minimum atomic E-state index is -0.127. The molecule has 0 unspecified atom stereocenters. The van der Waals surface area contributed by atoms with Gasteiger partial charge in [0, 0.05) is 25.4 Å². The van der Waals surface area contributed by atoms with Gasteiger partial charge in [0.1, 0.15) is 5.82 Å². The third kappa shape index (κ3) is 3.63. The molecule has 5 heteroatoms. The fourth-order valence-electron chi connectivity index (χ4n) is 2.46. The molecule has 0 atom stereocenters. The number of nitrogens with one attached hydrogen (secondary N) is 1. The highest BCUT2D eigenvalue weighted by Gasteiger charge is 2.06. The van der Waals surface area contributed by atoms with Crippen LogP contribution in [0.2, 0.25) is 0 Å². The highest BCUT2D eigenvalue weighted by atomic mass is 16.1. The van der Waals surface area contributed by atoms with Gasteiger partial charge in [-0.1, -0.05) is 18.2 Å². The molecule has 3 aromatic rings. The van der Waals surface area contributed by atoms with Crippen LogP contribution >= 0.6 is 0 Å². The molecule has 0 aliphatic heterocycles. The molecular formula is C18H18N4O. The molecule has 0 fully saturated rings. The van der Waals surface area contributed by atoms with Crippen molar-refractivity contribution in [2.24, 2.45) is 0 Å². The van der Waals surface area contributed by atoms with E-state index in [2.05, 4.69) is 19.9 Å². The van der Waals surface area contributed by atoms with Gasteiger partial charge in [-0.15, -0.1) is 0 Å². The number of hydrogen-bond acceptors (Lipinski definition) is 3. The van der Waals surface area contributed by atoms with E-state index in [0.29, 0.717) is 13.1 Å². The number of para-hydroxylation sites is 2. The van der Waals surface area contributed by atoms with Crippen molar-refractivity contribution in [2.45, 2.75) is 13.5 Å². The van der Waals surface area contributed by atoms with Gasteiger partial charge in [-0.25, -0.2) is 4.98 Å². The third-order valence-corrected chi connectivity index (χ3v) is 3.57. The number of hydrogen-bond donors (Lipinski definition) is 1. The van der Waals surface area contributed by atoms with Gasteiger partial charge in [-0.05, 0) is 37.3 Å². The van der Waals surface area contributed by atoms with E-state index in [1.54, 1.807) is 12.3 Å². The number of carbonyl (C=O) groups is 1. The van der Waals surface area contributed by atoms with E-state index < -0.39 is 0 Å². The molecule has 0 aliphatic rings. The van der Waals surface area contributed by atoms with Crippen molar-refractivity contribution in [3.8, 4) is 0 Å². The molecule has 3 rings (SSSR count). The van der Waals surface area contributed by atoms with Crippen molar-refractivity contribution < 1.29 is 4.79 Å². The van der Waals surface area contributed by atoms with Crippen LogP contribution in [0, 0.1) is 6.92 Å². The van der Waals surface area contributed by atoms with Gasteiger partial charge < -0.3 is 9.88 Å². The monoisotopic (exact) mass is 306 g/mol.